The summed E-state index contributed by atoms with van der Waals surface area (Å²) in [4.78, 5) is 29.3. The Kier molecular flexibility index (Phi) is 7.24. The van der Waals surface area contributed by atoms with Crippen LogP contribution in [-0.2, 0) is 9.59 Å². The highest BCUT2D eigenvalue weighted by Gasteiger charge is 2.44. The van der Waals surface area contributed by atoms with Gasteiger partial charge in [-0.2, -0.15) is 0 Å². The average molecular weight is 389 g/mol. The summed E-state index contributed by atoms with van der Waals surface area (Å²) >= 11 is 0. The van der Waals surface area contributed by atoms with Crippen LogP contribution in [0.2, 0.25) is 0 Å². The van der Waals surface area contributed by atoms with Crippen LogP contribution in [0.4, 0.5) is 0 Å². The number of benzene rings is 1. The first-order valence-electron chi connectivity index (χ1n) is 9.81. The van der Waals surface area contributed by atoms with Gasteiger partial charge in [-0.05, 0) is 39.9 Å². The lowest BCUT2D eigenvalue weighted by molar-refractivity contribution is -0.129. The fourth-order valence-electron chi connectivity index (χ4n) is 3.35. The molecule has 1 aliphatic rings. The first-order valence-corrected chi connectivity index (χ1v) is 9.81. The van der Waals surface area contributed by atoms with E-state index in [0.717, 1.165) is 5.56 Å². The highest BCUT2D eigenvalue weighted by atomic mass is 16.5. The number of ketones is 1. The molecule has 1 aromatic rings. The molecule has 1 atom stereocenters. The number of aliphatic hydroxyl groups excluding tert-OH is 1. The molecule has 0 saturated carbocycles. The maximum atomic E-state index is 13.0. The number of aliphatic hydroxyl groups is 1. The zero-order chi connectivity index (χ0) is 21.0. The third-order valence-corrected chi connectivity index (χ3v) is 4.56. The van der Waals surface area contributed by atoms with Crippen LogP contribution >= 0.6 is 0 Å². The van der Waals surface area contributed by atoms with Gasteiger partial charge in [0.15, 0.2) is 11.5 Å². The van der Waals surface area contributed by atoms with Crippen molar-refractivity contribution in [2.45, 2.75) is 46.3 Å². The molecule has 0 radical (unpaired) electrons. The zero-order valence-electron chi connectivity index (χ0n) is 17.7. The number of para-hydroxylation sites is 1. The van der Waals surface area contributed by atoms with Gasteiger partial charge in [-0.1, -0.05) is 32.0 Å². The van der Waals surface area contributed by atoms with Gasteiger partial charge in [0.2, 0.25) is 0 Å². The lowest BCUT2D eigenvalue weighted by atomic mass is 9.91. The van der Waals surface area contributed by atoms with Gasteiger partial charge < -0.3 is 19.6 Å². The third-order valence-electron chi connectivity index (χ3n) is 4.56. The maximum absolute atomic E-state index is 13.0. The molecular formula is C22H32N2O4. The molecule has 1 amide bonds. The Morgan fingerprint density at radius 2 is 1.86 bits per heavy atom. The summed E-state index contributed by atoms with van der Waals surface area (Å²) in [6, 6.07) is 6.77. The Morgan fingerprint density at radius 3 is 2.43 bits per heavy atom. The van der Waals surface area contributed by atoms with Gasteiger partial charge in [-0.15, -0.1) is 0 Å². The summed E-state index contributed by atoms with van der Waals surface area (Å²) < 4.78 is 5.95. The minimum absolute atomic E-state index is 0.0547. The highest BCUT2D eigenvalue weighted by Crippen LogP contribution is 2.42. The van der Waals surface area contributed by atoms with Crippen molar-refractivity contribution < 1.29 is 19.4 Å². The summed E-state index contributed by atoms with van der Waals surface area (Å²) in [7, 11) is 3.84. The number of likely N-dealkylation sites (N-methyl/N-ethyl adjacent to an activating group) is 1. The molecule has 0 aromatic heterocycles. The molecule has 6 nitrogen and oxygen atoms in total. The minimum Gasteiger partial charge on any atom is -0.503 e. The average Bonchev–Trinajstić information content (AvgIpc) is 2.83. The third kappa shape index (κ3) is 4.93. The molecule has 0 fully saturated rings. The van der Waals surface area contributed by atoms with Gasteiger partial charge in [-0.3, -0.25) is 9.59 Å². The molecule has 0 bridgehead atoms. The predicted octanol–water partition coefficient (Wildman–Crippen LogP) is 3.35. The number of amides is 1. The number of rotatable bonds is 9. The molecule has 0 aliphatic carbocycles. The summed E-state index contributed by atoms with van der Waals surface area (Å²) in [6.07, 6.45) is 0.221. The second-order valence-corrected chi connectivity index (χ2v) is 8.19. The number of hydrogen-bond donors (Lipinski definition) is 1. The van der Waals surface area contributed by atoms with Crippen molar-refractivity contribution in [2.24, 2.45) is 5.92 Å². The standard InChI is InChI=1S/C22H32N2O4/c1-14(2)13-17(25)19-20(16-9-7-8-10-18(16)28-15(3)4)24(12-11-23(5)6)22(27)21(19)26/h7-10,14-15,20,26H,11-13H2,1-6H3. The van der Waals surface area contributed by atoms with E-state index in [0.29, 0.717) is 18.8 Å². The highest BCUT2D eigenvalue weighted by molar-refractivity contribution is 6.09. The quantitative estimate of drug-likeness (QED) is 0.703. The SMILES string of the molecule is CC(C)CC(=O)C1=C(O)C(=O)N(CCN(C)C)C1c1ccccc1OC(C)C. The molecule has 1 heterocycles. The lowest BCUT2D eigenvalue weighted by Gasteiger charge is -2.29. The topological polar surface area (TPSA) is 70.1 Å². The van der Waals surface area contributed by atoms with Crippen LogP contribution in [0.25, 0.3) is 0 Å². The number of hydrogen-bond acceptors (Lipinski definition) is 5. The fraction of sp³-hybridized carbons (Fsp3) is 0.545. The molecule has 28 heavy (non-hydrogen) atoms. The van der Waals surface area contributed by atoms with E-state index < -0.39 is 17.7 Å². The normalized spacial score (nSPS) is 17.4. The van der Waals surface area contributed by atoms with E-state index in [9.17, 15) is 14.7 Å². The van der Waals surface area contributed by atoms with Crippen molar-refractivity contribution in [3.8, 4) is 5.75 Å². The molecule has 2 rings (SSSR count). The van der Waals surface area contributed by atoms with E-state index in [2.05, 4.69) is 0 Å². The molecule has 6 heteroatoms. The number of carbonyl (C=O) groups is 2. The maximum Gasteiger partial charge on any atom is 0.290 e. The van der Waals surface area contributed by atoms with Crippen LogP contribution in [0.15, 0.2) is 35.6 Å². The van der Waals surface area contributed by atoms with E-state index >= 15 is 0 Å². The minimum atomic E-state index is -0.645. The van der Waals surface area contributed by atoms with Crippen molar-refractivity contribution >= 4 is 11.7 Å². The van der Waals surface area contributed by atoms with Gasteiger partial charge in [0.05, 0.1) is 17.7 Å². The van der Waals surface area contributed by atoms with Crippen LogP contribution in [-0.4, -0.2) is 59.9 Å². The number of ether oxygens (including phenoxy) is 1. The summed E-state index contributed by atoms with van der Waals surface area (Å²) in [6.45, 7) is 8.77. The monoisotopic (exact) mass is 388 g/mol. The second-order valence-electron chi connectivity index (χ2n) is 8.19. The van der Waals surface area contributed by atoms with Crippen LogP contribution < -0.4 is 4.74 Å². The smallest absolute Gasteiger partial charge is 0.290 e. The van der Waals surface area contributed by atoms with Crippen LogP contribution in [0.3, 0.4) is 0 Å². The Balaban J connectivity index is 2.54. The lowest BCUT2D eigenvalue weighted by Crippen LogP contribution is -2.37. The second kappa shape index (κ2) is 9.24. The molecular weight excluding hydrogens is 356 g/mol. The van der Waals surface area contributed by atoms with Gasteiger partial charge >= 0.3 is 0 Å². The Morgan fingerprint density at radius 1 is 1.21 bits per heavy atom. The molecule has 154 valence electrons. The summed E-state index contributed by atoms with van der Waals surface area (Å²) in [5.74, 6) is -0.388. The largest absolute Gasteiger partial charge is 0.503 e. The van der Waals surface area contributed by atoms with Crippen LogP contribution in [0.1, 0.15) is 45.7 Å². The van der Waals surface area contributed by atoms with Crippen molar-refractivity contribution in [1.29, 1.82) is 0 Å². The molecule has 1 aromatic carbocycles. The van der Waals surface area contributed by atoms with Gasteiger partial charge in [-0.25, -0.2) is 0 Å². The van der Waals surface area contributed by atoms with E-state index in [1.54, 1.807) is 4.90 Å². The molecule has 1 aliphatic heterocycles. The van der Waals surface area contributed by atoms with E-state index in [4.69, 9.17) is 4.74 Å². The first kappa shape index (κ1) is 22.0. The zero-order valence-corrected chi connectivity index (χ0v) is 17.7. The van der Waals surface area contributed by atoms with Crippen molar-refractivity contribution in [3.05, 3.63) is 41.2 Å². The van der Waals surface area contributed by atoms with Crippen molar-refractivity contribution in [3.63, 3.8) is 0 Å². The first-order chi connectivity index (χ1) is 13.1. The van der Waals surface area contributed by atoms with Crippen LogP contribution in [0, 0.1) is 5.92 Å². The van der Waals surface area contributed by atoms with Crippen molar-refractivity contribution in [1.82, 2.24) is 9.80 Å². The number of carbonyl (C=O) groups excluding carboxylic acids is 2. The van der Waals surface area contributed by atoms with E-state index in [-0.39, 0.29) is 29.8 Å². The fourth-order valence-corrected chi connectivity index (χ4v) is 3.35. The molecule has 0 saturated heterocycles. The van der Waals surface area contributed by atoms with Gasteiger partial charge in [0.25, 0.3) is 5.91 Å². The summed E-state index contributed by atoms with van der Waals surface area (Å²) in [5, 5.41) is 10.6. The predicted molar refractivity (Wildman–Crippen MR) is 109 cm³/mol. The Hall–Kier alpha value is -2.34. The van der Waals surface area contributed by atoms with Gasteiger partial charge in [0.1, 0.15) is 5.75 Å². The van der Waals surface area contributed by atoms with Crippen LogP contribution in [0.5, 0.6) is 5.75 Å². The molecule has 0 spiro atoms. The summed E-state index contributed by atoms with van der Waals surface area (Å²) in [5.41, 5.74) is 0.900. The molecule has 1 unspecified atom stereocenters. The number of Topliss-reactive ketones (excluding diaryl/α,β-unsaturated/α-hetero) is 1. The van der Waals surface area contributed by atoms with Gasteiger partial charge in [0, 0.05) is 25.1 Å². The molecule has 1 N–H and O–H groups in total. The van der Waals surface area contributed by atoms with E-state index in [1.807, 2.05) is 71.0 Å². The van der Waals surface area contributed by atoms with E-state index in [1.165, 1.54) is 0 Å². The Bertz CT molecular complexity index is 753. The number of nitrogens with zero attached hydrogens (tertiary/aromatic N) is 2. The Labute approximate surface area is 167 Å². The van der Waals surface area contributed by atoms with Crippen molar-refractivity contribution in [2.75, 3.05) is 27.2 Å².